The quantitative estimate of drug-likeness (QED) is 0.852. The first-order valence-corrected chi connectivity index (χ1v) is 8.99. The van der Waals surface area contributed by atoms with Gasteiger partial charge in [-0.2, -0.15) is 4.31 Å². The minimum atomic E-state index is -3.68. The molecule has 1 fully saturated rings. The molecule has 21 heavy (non-hydrogen) atoms. The van der Waals surface area contributed by atoms with Gasteiger partial charge in [0.2, 0.25) is 10.0 Å². The van der Waals surface area contributed by atoms with E-state index in [9.17, 15) is 13.2 Å². The second-order valence-corrected chi connectivity index (χ2v) is 7.69. The standard InChI is InChI=1S/C15H20ClNO3S/c1-3-13-5-4-6-15(11(2)18)17(13)21(19,20)14-9-7-12(16)8-10-14/h7-10,13,15H,3-6H2,1-2H3/t13-,15-/m0/s1. The number of nitrogens with zero attached hydrogens (tertiary/aromatic N) is 1. The van der Waals surface area contributed by atoms with Crippen molar-refractivity contribution in [1.82, 2.24) is 4.31 Å². The van der Waals surface area contributed by atoms with Crippen LogP contribution in [0.2, 0.25) is 5.02 Å². The molecule has 0 aromatic heterocycles. The lowest BCUT2D eigenvalue weighted by Gasteiger charge is -2.39. The van der Waals surface area contributed by atoms with Gasteiger partial charge < -0.3 is 0 Å². The molecule has 1 heterocycles. The zero-order valence-corrected chi connectivity index (χ0v) is 13.8. The van der Waals surface area contributed by atoms with Crippen LogP contribution in [0.25, 0.3) is 0 Å². The number of carbonyl (C=O) groups excluding carboxylic acids is 1. The summed E-state index contributed by atoms with van der Waals surface area (Å²) >= 11 is 5.82. The molecular weight excluding hydrogens is 310 g/mol. The average Bonchev–Trinajstić information content (AvgIpc) is 2.46. The first kappa shape index (κ1) is 16.5. The van der Waals surface area contributed by atoms with E-state index < -0.39 is 16.1 Å². The van der Waals surface area contributed by atoms with Crippen molar-refractivity contribution in [2.45, 2.75) is 56.5 Å². The Balaban J connectivity index is 2.46. The molecule has 0 amide bonds. The first-order chi connectivity index (χ1) is 9.87. The zero-order chi connectivity index (χ0) is 15.6. The van der Waals surface area contributed by atoms with Gasteiger partial charge in [-0.25, -0.2) is 8.42 Å². The van der Waals surface area contributed by atoms with Gasteiger partial charge in [-0.05, 0) is 56.9 Å². The highest BCUT2D eigenvalue weighted by molar-refractivity contribution is 7.89. The first-order valence-electron chi connectivity index (χ1n) is 7.17. The van der Waals surface area contributed by atoms with Crippen LogP contribution >= 0.6 is 11.6 Å². The molecule has 0 spiro atoms. The smallest absolute Gasteiger partial charge is 0.243 e. The van der Waals surface area contributed by atoms with Gasteiger partial charge >= 0.3 is 0 Å². The summed E-state index contributed by atoms with van der Waals surface area (Å²) in [5, 5.41) is 0.489. The summed E-state index contributed by atoms with van der Waals surface area (Å²) in [6.07, 6.45) is 2.98. The molecule has 2 atom stereocenters. The summed E-state index contributed by atoms with van der Waals surface area (Å²) in [5.41, 5.74) is 0. The number of benzene rings is 1. The van der Waals surface area contributed by atoms with Crippen LogP contribution in [0.4, 0.5) is 0 Å². The molecule has 0 N–H and O–H groups in total. The third kappa shape index (κ3) is 3.30. The van der Waals surface area contributed by atoms with Crippen LogP contribution in [0.1, 0.15) is 39.5 Å². The number of rotatable bonds is 4. The molecule has 0 unspecified atom stereocenters. The van der Waals surface area contributed by atoms with Crippen LogP contribution in [0.5, 0.6) is 0 Å². The molecule has 116 valence electrons. The van der Waals surface area contributed by atoms with Gasteiger partial charge in [0.05, 0.1) is 10.9 Å². The number of hydrogen-bond donors (Lipinski definition) is 0. The Kier molecular flexibility index (Phi) is 5.07. The SMILES string of the molecule is CC[C@H]1CCC[C@@H](C(C)=O)N1S(=O)(=O)c1ccc(Cl)cc1. The summed E-state index contributed by atoms with van der Waals surface area (Å²) in [6.45, 7) is 3.42. The number of hydrogen-bond acceptors (Lipinski definition) is 3. The summed E-state index contributed by atoms with van der Waals surface area (Å²) < 4.78 is 27.2. The molecule has 1 aromatic rings. The Labute approximate surface area is 131 Å². The van der Waals surface area contributed by atoms with Crippen molar-refractivity contribution in [3.8, 4) is 0 Å². The molecule has 1 aliphatic heterocycles. The van der Waals surface area contributed by atoms with E-state index in [0.29, 0.717) is 17.9 Å². The second-order valence-electron chi connectivity index (χ2n) is 5.41. The minimum Gasteiger partial charge on any atom is -0.298 e. The maximum atomic E-state index is 12.9. The van der Waals surface area contributed by atoms with Crippen molar-refractivity contribution in [2.24, 2.45) is 0 Å². The van der Waals surface area contributed by atoms with Crippen LogP contribution in [0, 0.1) is 0 Å². The highest BCUT2D eigenvalue weighted by Gasteiger charge is 2.40. The van der Waals surface area contributed by atoms with E-state index in [-0.39, 0.29) is 16.7 Å². The molecule has 0 saturated carbocycles. The Morgan fingerprint density at radius 3 is 2.43 bits per heavy atom. The van der Waals surface area contributed by atoms with Crippen molar-refractivity contribution in [1.29, 1.82) is 0 Å². The maximum Gasteiger partial charge on any atom is 0.243 e. The molecule has 0 radical (unpaired) electrons. The van der Waals surface area contributed by atoms with E-state index in [1.807, 2.05) is 6.92 Å². The lowest BCUT2D eigenvalue weighted by molar-refractivity contribution is -0.122. The largest absolute Gasteiger partial charge is 0.298 e. The van der Waals surface area contributed by atoms with Gasteiger partial charge in [0.15, 0.2) is 0 Å². The molecule has 1 aliphatic rings. The number of piperidine rings is 1. The maximum absolute atomic E-state index is 12.9. The van der Waals surface area contributed by atoms with Crippen molar-refractivity contribution in [3.63, 3.8) is 0 Å². The Hall–Kier alpha value is -0.910. The minimum absolute atomic E-state index is 0.0920. The number of halogens is 1. The summed E-state index contributed by atoms with van der Waals surface area (Å²) in [7, 11) is -3.68. The van der Waals surface area contributed by atoms with Crippen molar-refractivity contribution >= 4 is 27.4 Å². The van der Waals surface area contributed by atoms with Gasteiger partial charge in [0.25, 0.3) is 0 Å². The van der Waals surface area contributed by atoms with Crippen LogP contribution < -0.4 is 0 Å². The highest BCUT2D eigenvalue weighted by Crippen LogP contribution is 2.32. The van der Waals surface area contributed by atoms with E-state index in [1.54, 1.807) is 12.1 Å². The highest BCUT2D eigenvalue weighted by atomic mass is 35.5. The molecule has 0 bridgehead atoms. The van der Waals surface area contributed by atoms with Crippen LogP contribution in [0.3, 0.4) is 0 Å². The molecular formula is C15H20ClNO3S. The Bertz CT molecular complexity index is 612. The third-order valence-electron chi connectivity index (χ3n) is 4.01. The lowest BCUT2D eigenvalue weighted by Crippen LogP contribution is -2.52. The fourth-order valence-electron chi connectivity index (χ4n) is 2.91. The normalized spacial score (nSPS) is 24.0. The summed E-state index contributed by atoms with van der Waals surface area (Å²) in [6, 6.07) is 5.44. The van der Waals surface area contributed by atoms with Crippen molar-refractivity contribution < 1.29 is 13.2 Å². The topological polar surface area (TPSA) is 54.5 Å². The number of carbonyl (C=O) groups is 1. The van der Waals surface area contributed by atoms with E-state index >= 15 is 0 Å². The fourth-order valence-corrected chi connectivity index (χ4v) is 5.00. The van der Waals surface area contributed by atoms with E-state index in [4.69, 9.17) is 11.6 Å². The monoisotopic (exact) mass is 329 g/mol. The predicted molar refractivity (Wildman–Crippen MR) is 82.9 cm³/mol. The van der Waals surface area contributed by atoms with Crippen LogP contribution in [-0.2, 0) is 14.8 Å². The van der Waals surface area contributed by atoms with Crippen molar-refractivity contribution in [2.75, 3.05) is 0 Å². The van der Waals surface area contributed by atoms with Gasteiger partial charge in [0.1, 0.15) is 5.78 Å². The average molecular weight is 330 g/mol. The Morgan fingerprint density at radius 1 is 1.29 bits per heavy atom. The Morgan fingerprint density at radius 2 is 1.90 bits per heavy atom. The van der Waals surface area contributed by atoms with E-state index in [2.05, 4.69) is 0 Å². The van der Waals surface area contributed by atoms with Gasteiger partial charge in [0, 0.05) is 11.1 Å². The second kappa shape index (κ2) is 6.46. The lowest BCUT2D eigenvalue weighted by atomic mass is 9.95. The predicted octanol–water partition coefficient (Wildman–Crippen LogP) is 3.25. The molecule has 4 nitrogen and oxygen atoms in total. The number of Topliss-reactive ketones (excluding diaryl/α,β-unsaturated/α-hetero) is 1. The summed E-state index contributed by atoms with van der Waals surface area (Å²) in [5.74, 6) is -0.0920. The van der Waals surface area contributed by atoms with Gasteiger partial charge in [-0.15, -0.1) is 0 Å². The molecule has 0 aliphatic carbocycles. The van der Waals surface area contributed by atoms with Crippen LogP contribution in [0.15, 0.2) is 29.2 Å². The van der Waals surface area contributed by atoms with E-state index in [1.165, 1.54) is 23.4 Å². The molecule has 6 heteroatoms. The fraction of sp³-hybridized carbons (Fsp3) is 0.533. The van der Waals surface area contributed by atoms with Gasteiger partial charge in [-0.1, -0.05) is 18.5 Å². The molecule has 1 saturated heterocycles. The number of sulfonamides is 1. The van der Waals surface area contributed by atoms with E-state index in [0.717, 1.165) is 12.8 Å². The van der Waals surface area contributed by atoms with Gasteiger partial charge in [-0.3, -0.25) is 4.79 Å². The van der Waals surface area contributed by atoms with Crippen molar-refractivity contribution in [3.05, 3.63) is 29.3 Å². The zero-order valence-electron chi connectivity index (χ0n) is 12.3. The molecule has 2 rings (SSSR count). The van der Waals surface area contributed by atoms with Crippen LogP contribution in [-0.4, -0.2) is 30.6 Å². The molecule has 1 aromatic carbocycles. The third-order valence-corrected chi connectivity index (χ3v) is 6.24. The number of ketones is 1. The summed E-state index contributed by atoms with van der Waals surface area (Å²) in [4.78, 5) is 12.1.